The van der Waals surface area contributed by atoms with Crippen LogP contribution in [0, 0.1) is 0 Å². The molecule has 0 fully saturated rings. The van der Waals surface area contributed by atoms with Crippen molar-refractivity contribution in [2.24, 2.45) is 9.98 Å². The summed E-state index contributed by atoms with van der Waals surface area (Å²) in [6.45, 7) is 0. The average Bonchev–Trinajstić information content (AvgIpc) is 2.21. The van der Waals surface area contributed by atoms with E-state index in [4.69, 9.17) is 9.47 Å². The molecule has 0 aliphatic carbocycles. The predicted octanol–water partition coefficient (Wildman–Crippen LogP) is 1.26. The molecular weight excluding hydrogens is 168 g/mol. The van der Waals surface area contributed by atoms with Gasteiger partial charge in [0.1, 0.15) is 0 Å². The number of allylic oxidation sites excluding steroid dienone is 2. The van der Waals surface area contributed by atoms with Crippen molar-refractivity contribution in [2.75, 3.05) is 0 Å². The van der Waals surface area contributed by atoms with Gasteiger partial charge in [-0.15, -0.1) is 0 Å². The third kappa shape index (κ3) is 2.18. The molecule has 0 saturated heterocycles. The van der Waals surface area contributed by atoms with Gasteiger partial charge in [0, 0.05) is 12.4 Å². The van der Waals surface area contributed by atoms with E-state index < -0.39 is 0 Å². The summed E-state index contributed by atoms with van der Waals surface area (Å²) in [4.78, 5) is 8.22. The molecule has 2 heterocycles. The van der Waals surface area contributed by atoms with Crippen molar-refractivity contribution < 1.29 is 9.47 Å². The lowest BCUT2D eigenvalue weighted by atomic mass is 10.3. The molecule has 2 unspecified atom stereocenters. The van der Waals surface area contributed by atoms with Gasteiger partial charge in [0.15, 0.2) is 12.5 Å². The van der Waals surface area contributed by atoms with E-state index in [0.717, 1.165) is 0 Å². The fraction of sp³-hybridized carbons (Fsp3) is 0.333. The molecular formula is C9H10N2O2. The van der Waals surface area contributed by atoms with E-state index in [9.17, 15) is 0 Å². The van der Waals surface area contributed by atoms with Gasteiger partial charge < -0.3 is 9.47 Å². The second kappa shape index (κ2) is 3.89. The molecule has 2 rings (SSSR count). The molecule has 0 aromatic heterocycles. The maximum atomic E-state index is 5.22. The van der Waals surface area contributed by atoms with Crippen LogP contribution < -0.4 is 0 Å². The van der Waals surface area contributed by atoms with Gasteiger partial charge in [-0.1, -0.05) is 0 Å². The summed E-state index contributed by atoms with van der Waals surface area (Å²) in [5.74, 6) is 0. The molecule has 0 spiro atoms. The lowest BCUT2D eigenvalue weighted by molar-refractivity contribution is 0.0648. The highest BCUT2D eigenvalue weighted by Crippen LogP contribution is 2.12. The first-order chi connectivity index (χ1) is 6.45. The quantitative estimate of drug-likeness (QED) is 0.638. The summed E-state index contributed by atoms with van der Waals surface area (Å²) >= 11 is 0. The zero-order valence-corrected chi connectivity index (χ0v) is 7.04. The van der Waals surface area contributed by atoms with Crippen LogP contribution in [0.3, 0.4) is 0 Å². The Morgan fingerprint density at radius 2 is 1.46 bits per heavy atom. The van der Waals surface area contributed by atoms with Crippen LogP contribution in [0.1, 0.15) is 6.42 Å². The SMILES string of the molecule is C1=COC(CC2N=CC=CO2)N=C1. The van der Waals surface area contributed by atoms with Gasteiger partial charge in [-0.2, -0.15) is 0 Å². The third-order valence-corrected chi connectivity index (χ3v) is 1.71. The molecule has 0 amide bonds. The van der Waals surface area contributed by atoms with Crippen molar-refractivity contribution in [2.45, 2.75) is 18.9 Å². The Labute approximate surface area is 76.3 Å². The summed E-state index contributed by atoms with van der Waals surface area (Å²) in [5.41, 5.74) is 0. The standard InChI is InChI=1S/C9H10N2O2/c1-3-10-8(12-5-1)7-9-11-4-2-6-13-9/h1-6,8-9H,7H2. The van der Waals surface area contributed by atoms with Crippen molar-refractivity contribution in [3.63, 3.8) is 0 Å². The molecule has 2 aliphatic rings. The molecule has 0 radical (unpaired) electrons. The van der Waals surface area contributed by atoms with E-state index in [2.05, 4.69) is 9.98 Å². The van der Waals surface area contributed by atoms with Gasteiger partial charge in [-0.3, -0.25) is 9.98 Å². The minimum atomic E-state index is -0.168. The largest absolute Gasteiger partial charge is 0.476 e. The predicted molar refractivity (Wildman–Crippen MR) is 49.6 cm³/mol. The van der Waals surface area contributed by atoms with E-state index in [1.54, 1.807) is 37.1 Å². The fourth-order valence-corrected chi connectivity index (χ4v) is 1.11. The van der Waals surface area contributed by atoms with Gasteiger partial charge in [-0.05, 0) is 12.2 Å². The lowest BCUT2D eigenvalue weighted by Gasteiger charge is -2.19. The highest BCUT2D eigenvalue weighted by atomic mass is 16.5. The van der Waals surface area contributed by atoms with Crippen molar-refractivity contribution in [1.29, 1.82) is 0 Å². The molecule has 68 valence electrons. The Hall–Kier alpha value is -1.58. The normalized spacial score (nSPS) is 29.8. The Kier molecular flexibility index (Phi) is 2.40. The maximum absolute atomic E-state index is 5.22. The van der Waals surface area contributed by atoms with Crippen molar-refractivity contribution in [3.05, 3.63) is 24.7 Å². The minimum absolute atomic E-state index is 0.168. The topological polar surface area (TPSA) is 43.2 Å². The maximum Gasteiger partial charge on any atom is 0.194 e. The first kappa shape index (κ1) is 8.04. The molecule has 2 aliphatic heterocycles. The van der Waals surface area contributed by atoms with Crippen molar-refractivity contribution >= 4 is 12.4 Å². The third-order valence-electron chi connectivity index (χ3n) is 1.71. The summed E-state index contributed by atoms with van der Waals surface area (Å²) in [6, 6.07) is 0. The number of aliphatic imine (C=N–C) groups is 2. The van der Waals surface area contributed by atoms with Crippen LogP contribution in [-0.2, 0) is 9.47 Å². The van der Waals surface area contributed by atoms with Crippen LogP contribution in [0.4, 0.5) is 0 Å². The molecule has 0 saturated carbocycles. The Morgan fingerprint density at radius 1 is 0.923 bits per heavy atom. The summed E-state index contributed by atoms with van der Waals surface area (Å²) < 4.78 is 10.4. The number of nitrogens with zero attached hydrogens (tertiary/aromatic N) is 2. The van der Waals surface area contributed by atoms with E-state index in [-0.39, 0.29) is 12.5 Å². The van der Waals surface area contributed by atoms with Gasteiger partial charge >= 0.3 is 0 Å². The Morgan fingerprint density at radius 3 is 1.85 bits per heavy atom. The second-order valence-corrected chi connectivity index (χ2v) is 2.67. The van der Waals surface area contributed by atoms with E-state index >= 15 is 0 Å². The molecule has 0 aromatic rings. The van der Waals surface area contributed by atoms with E-state index in [1.807, 2.05) is 0 Å². The Bertz CT molecular complexity index is 253. The zero-order chi connectivity index (χ0) is 8.93. The molecule has 4 nitrogen and oxygen atoms in total. The smallest absolute Gasteiger partial charge is 0.194 e. The molecule has 0 N–H and O–H groups in total. The van der Waals surface area contributed by atoms with E-state index in [0.29, 0.717) is 6.42 Å². The first-order valence-electron chi connectivity index (χ1n) is 4.13. The van der Waals surface area contributed by atoms with Crippen LogP contribution in [0.5, 0.6) is 0 Å². The first-order valence-corrected chi connectivity index (χ1v) is 4.13. The lowest BCUT2D eigenvalue weighted by Crippen LogP contribution is -2.20. The van der Waals surface area contributed by atoms with Crippen LogP contribution in [-0.4, -0.2) is 24.9 Å². The van der Waals surface area contributed by atoms with Crippen LogP contribution in [0.2, 0.25) is 0 Å². The minimum Gasteiger partial charge on any atom is -0.476 e. The van der Waals surface area contributed by atoms with Crippen LogP contribution >= 0.6 is 0 Å². The summed E-state index contributed by atoms with van der Waals surface area (Å²) in [5, 5.41) is 0. The monoisotopic (exact) mass is 178 g/mol. The van der Waals surface area contributed by atoms with Gasteiger partial charge in [0.25, 0.3) is 0 Å². The fourth-order valence-electron chi connectivity index (χ4n) is 1.11. The Balaban J connectivity index is 1.84. The molecule has 4 heteroatoms. The zero-order valence-electron chi connectivity index (χ0n) is 7.04. The molecule has 0 bridgehead atoms. The van der Waals surface area contributed by atoms with Crippen molar-refractivity contribution in [1.82, 2.24) is 0 Å². The summed E-state index contributed by atoms with van der Waals surface area (Å²) in [6.07, 6.45) is 10.5. The number of hydrogen-bond donors (Lipinski definition) is 0. The van der Waals surface area contributed by atoms with Crippen molar-refractivity contribution in [3.8, 4) is 0 Å². The van der Waals surface area contributed by atoms with Gasteiger partial charge in [-0.25, -0.2) is 0 Å². The molecule has 2 atom stereocenters. The highest BCUT2D eigenvalue weighted by Gasteiger charge is 2.16. The summed E-state index contributed by atoms with van der Waals surface area (Å²) in [7, 11) is 0. The molecule has 13 heavy (non-hydrogen) atoms. The number of rotatable bonds is 2. The average molecular weight is 178 g/mol. The van der Waals surface area contributed by atoms with Crippen LogP contribution in [0.15, 0.2) is 34.7 Å². The molecule has 0 aromatic carbocycles. The number of hydrogen-bond acceptors (Lipinski definition) is 4. The van der Waals surface area contributed by atoms with Gasteiger partial charge in [0.05, 0.1) is 18.9 Å². The highest BCUT2D eigenvalue weighted by molar-refractivity contribution is 5.71. The van der Waals surface area contributed by atoms with Crippen LogP contribution in [0.25, 0.3) is 0 Å². The second-order valence-electron chi connectivity index (χ2n) is 2.67. The van der Waals surface area contributed by atoms with E-state index in [1.165, 1.54) is 0 Å². The number of ether oxygens (including phenoxy) is 2. The van der Waals surface area contributed by atoms with Gasteiger partial charge in [0.2, 0.25) is 0 Å².